The number of carbonyl (C=O) groups excluding carboxylic acids is 1. The predicted octanol–water partition coefficient (Wildman–Crippen LogP) is 0.497. The number of aliphatic hydroxyl groups excluding tert-OH is 1. The highest BCUT2D eigenvalue weighted by atomic mass is 16.2. The Hall–Kier alpha value is -1.90. The summed E-state index contributed by atoms with van der Waals surface area (Å²) >= 11 is 0. The Morgan fingerprint density at radius 2 is 2.20 bits per heavy atom. The van der Waals surface area contributed by atoms with Crippen LogP contribution >= 0.6 is 0 Å². The maximum atomic E-state index is 11.8. The van der Waals surface area contributed by atoms with E-state index in [9.17, 15) is 4.79 Å². The number of rotatable bonds is 6. The van der Waals surface area contributed by atoms with Crippen LogP contribution in [0.25, 0.3) is 0 Å². The molecule has 0 aliphatic heterocycles. The maximum absolute atomic E-state index is 11.8. The molecule has 2 N–H and O–H groups in total. The lowest BCUT2D eigenvalue weighted by atomic mass is 10.2. The molecule has 20 heavy (non-hydrogen) atoms. The second kappa shape index (κ2) is 9.08. The second-order valence-corrected chi connectivity index (χ2v) is 4.66. The SMILES string of the molecule is CN(C)CCCCNC(=O)c1ccc(C#CCO)cn1. The molecule has 0 unspecified atom stereocenters. The summed E-state index contributed by atoms with van der Waals surface area (Å²) in [6, 6.07) is 3.35. The molecule has 0 spiro atoms. The van der Waals surface area contributed by atoms with E-state index in [1.807, 2.05) is 14.1 Å². The lowest BCUT2D eigenvalue weighted by Crippen LogP contribution is -2.26. The number of nitrogens with one attached hydrogen (secondary N) is 1. The third-order valence-electron chi connectivity index (χ3n) is 2.63. The maximum Gasteiger partial charge on any atom is 0.269 e. The van der Waals surface area contributed by atoms with E-state index in [4.69, 9.17) is 5.11 Å². The predicted molar refractivity (Wildman–Crippen MR) is 78.3 cm³/mol. The number of hydrogen-bond donors (Lipinski definition) is 2. The Morgan fingerprint density at radius 1 is 1.40 bits per heavy atom. The van der Waals surface area contributed by atoms with E-state index in [1.165, 1.54) is 6.20 Å². The minimum Gasteiger partial charge on any atom is -0.384 e. The van der Waals surface area contributed by atoms with Crippen LogP contribution in [0.3, 0.4) is 0 Å². The number of amides is 1. The summed E-state index contributed by atoms with van der Waals surface area (Å²) in [7, 11) is 4.06. The number of nitrogens with zero attached hydrogens (tertiary/aromatic N) is 2. The zero-order chi connectivity index (χ0) is 14.8. The molecule has 108 valence electrons. The summed E-state index contributed by atoms with van der Waals surface area (Å²) in [6.45, 7) is 1.49. The third-order valence-corrected chi connectivity index (χ3v) is 2.63. The van der Waals surface area contributed by atoms with Gasteiger partial charge in [-0.2, -0.15) is 0 Å². The molecular weight excluding hydrogens is 254 g/mol. The molecule has 0 aromatic carbocycles. The number of unbranched alkanes of at least 4 members (excludes halogenated alkanes) is 1. The molecule has 0 saturated carbocycles. The normalized spacial score (nSPS) is 10.0. The average Bonchev–Trinajstić information content (AvgIpc) is 2.44. The van der Waals surface area contributed by atoms with Gasteiger partial charge in [0.2, 0.25) is 0 Å². The lowest BCUT2D eigenvalue weighted by molar-refractivity contribution is 0.0948. The molecule has 0 aliphatic carbocycles. The fraction of sp³-hybridized carbons (Fsp3) is 0.467. The Kier molecular flexibility index (Phi) is 7.33. The molecule has 1 aromatic heterocycles. The van der Waals surface area contributed by atoms with Gasteiger partial charge in [0.05, 0.1) is 0 Å². The van der Waals surface area contributed by atoms with Gasteiger partial charge < -0.3 is 15.3 Å². The van der Waals surface area contributed by atoms with Gasteiger partial charge in [0, 0.05) is 18.3 Å². The topological polar surface area (TPSA) is 65.5 Å². The van der Waals surface area contributed by atoms with Crippen molar-refractivity contribution in [3.63, 3.8) is 0 Å². The van der Waals surface area contributed by atoms with E-state index in [-0.39, 0.29) is 12.5 Å². The summed E-state index contributed by atoms with van der Waals surface area (Å²) < 4.78 is 0. The summed E-state index contributed by atoms with van der Waals surface area (Å²) in [5, 5.41) is 11.4. The van der Waals surface area contributed by atoms with E-state index < -0.39 is 0 Å². The first-order valence-electron chi connectivity index (χ1n) is 6.62. The number of pyridine rings is 1. The smallest absolute Gasteiger partial charge is 0.269 e. The first-order chi connectivity index (χ1) is 9.63. The van der Waals surface area contributed by atoms with Crippen LogP contribution in [-0.4, -0.2) is 54.7 Å². The molecule has 1 amide bonds. The number of aromatic nitrogens is 1. The van der Waals surface area contributed by atoms with E-state index >= 15 is 0 Å². The van der Waals surface area contributed by atoms with Crippen LogP contribution in [-0.2, 0) is 0 Å². The van der Waals surface area contributed by atoms with Crippen LogP contribution in [0.2, 0.25) is 0 Å². The van der Waals surface area contributed by atoms with Crippen LogP contribution < -0.4 is 5.32 Å². The lowest BCUT2D eigenvalue weighted by Gasteiger charge is -2.09. The molecule has 0 fully saturated rings. The van der Waals surface area contributed by atoms with Crippen molar-refractivity contribution in [2.75, 3.05) is 33.8 Å². The Morgan fingerprint density at radius 3 is 2.80 bits per heavy atom. The van der Waals surface area contributed by atoms with Crippen LogP contribution in [0.15, 0.2) is 18.3 Å². The van der Waals surface area contributed by atoms with Crippen molar-refractivity contribution in [2.45, 2.75) is 12.8 Å². The largest absolute Gasteiger partial charge is 0.384 e. The van der Waals surface area contributed by atoms with Crippen molar-refractivity contribution in [1.29, 1.82) is 0 Å². The van der Waals surface area contributed by atoms with E-state index in [0.717, 1.165) is 19.4 Å². The van der Waals surface area contributed by atoms with Gasteiger partial charge in [-0.3, -0.25) is 4.79 Å². The van der Waals surface area contributed by atoms with Gasteiger partial charge >= 0.3 is 0 Å². The highest BCUT2D eigenvalue weighted by molar-refractivity contribution is 5.92. The minimum absolute atomic E-state index is 0.170. The minimum atomic E-state index is -0.185. The molecule has 0 radical (unpaired) electrons. The van der Waals surface area contributed by atoms with Crippen molar-refractivity contribution < 1.29 is 9.90 Å². The molecule has 1 aromatic rings. The monoisotopic (exact) mass is 275 g/mol. The molecule has 5 heteroatoms. The summed E-state index contributed by atoms with van der Waals surface area (Å²) in [4.78, 5) is 18.0. The zero-order valence-corrected chi connectivity index (χ0v) is 12.0. The molecule has 0 aliphatic rings. The standard InChI is InChI=1S/C15H21N3O2/c1-18(2)10-4-3-9-16-15(20)14-8-7-13(12-17-14)6-5-11-19/h7-8,12,19H,3-4,9-11H2,1-2H3,(H,16,20). The van der Waals surface area contributed by atoms with Gasteiger partial charge in [-0.15, -0.1) is 0 Å². The molecule has 0 bridgehead atoms. The van der Waals surface area contributed by atoms with Gasteiger partial charge in [-0.25, -0.2) is 4.98 Å². The number of aliphatic hydroxyl groups is 1. The fourth-order valence-electron chi connectivity index (χ4n) is 1.59. The second-order valence-electron chi connectivity index (χ2n) is 4.66. The number of carbonyl (C=O) groups is 1. The van der Waals surface area contributed by atoms with Gasteiger partial charge in [0.1, 0.15) is 12.3 Å². The Labute approximate surface area is 120 Å². The molecule has 1 heterocycles. The van der Waals surface area contributed by atoms with Gasteiger partial charge in [-0.1, -0.05) is 11.8 Å². The highest BCUT2D eigenvalue weighted by Crippen LogP contribution is 1.99. The first-order valence-corrected chi connectivity index (χ1v) is 6.62. The van der Waals surface area contributed by atoms with Crippen LogP contribution in [0.4, 0.5) is 0 Å². The zero-order valence-electron chi connectivity index (χ0n) is 12.0. The van der Waals surface area contributed by atoms with Gasteiger partial charge in [0.25, 0.3) is 5.91 Å². The Balaban J connectivity index is 2.36. The summed E-state index contributed by atoms with van der Waals surface area (Å²) in [5.74, 6) is 5.09. The third kappa shape index (κ3) is 6.32. The van der Waals surface area contributed by atoms with E-state index in [2.05, 4.69) is 27.0 Å². The van der Waals surface area contributed by atoms with E-state index in [1.54, 1.807) is 12.1 Å². The van der Waals surface area contributed by atoms with Gasteiger partial charge in [0.15, 0.2) is 0 Å². The van der Waals surface area contributed by atoms with Crippen LogP contribution in [0, 0.1) is 11.8 Å². The van der Waals surface area contributed by atoms with E-state index in [0.29, 0.717) is 17.8 Å². The molecule has 1 rings (SSSR count). The fourth-order valence-corrected chi connectivity index (χ4v) is 1.59. The molecule has 0 atom stereocenters. The van der Waals surface area contributed by atoms with Gasteiger partial charge in [-0.05, 0) is 45.6 Å². The molecule has 0 saturated heterocycles. The van der Waals surface area contributed by atoms with Crippen molar-refractivity contribution in [2.24, 2.45) is 0 Å². The first kappa shape index (κ1) is 16.2. The number of hydrogen-bond acceptors (Lipinski definition) is 4. The van der Waals surface area contributed by atoms with Crippen molar-refractivity contribution in [3.05, 3.63) is 29.6 Å². The highest BCUT2D eigenvalue weighted by Gasteiger charge is 2.05. The average molecular weight is 275 g/mol. The van der Waals surface area contributed by atoms with Crippen molar-refractivity contribution in [3.8, 4) is 11.8 Å². The summed E-state index contributed by atoms with van der Waals surface area (Å²) in [5.41, 5.74) is 1.06. The summed E-state index contributed by atoms with van der Waals surface area (Å²) in [6.07, 6.45) is 3.53. The van der Waals surface area contributed by atoms with Crippen molar-refractivity contribution in [1.82, 2.24) is 15.2 Å². The van der Waals surface area contributed by atoms with Crippen LogP contribution in [0.5, 0.6) is 0 Å². The Bertz CT molecular complexity index is 472. The molecule has 5 nitrogen and oxygen atoms in total. The molecular formula is C15H21N3O2. The quantitative estimate of drug-likeness (QED) is 0.586. The van der Waals surface area contributed by atoms with Crippen LogP contribution in [0.1, 0.15) is 28.9 Å². The van der Waals surface area contributed by atoms with Crippen molar-refractivity contribution >= 4 is 5.91 Å².